The summed E-state index contributed by atoms with van der Waals surface area (Å²) in [4.78, 5) is 28.1. The molecule has 2 aromatic heterocycles. The number of imide groups is 1. The summed E-state index contributed by atoms with van der Waals surface area (Å²) in [6.45, 7) is 0. The van der Waals surface area contributed by atoms with Gasteiger partial charge in [-0.25, -0.2) is 4.98 Å². The van der Waals surface area contributed by atoms with Crippen LogP contribution in [0.25, 0.3) is 5.65 Å². The first-order valence-electron chi connectivity index (χ1n) is 6.08. The second-order valence-electron chi connectivity index (χ2n) is 4.22. The quantitative estimate of drug-likeness (QED) is 0.720. The van der Waals surface area contributed by atoms with Crippen molar-refractivity contribution < 1.29 is 9.59 Å². The predicted octanol–water partition coefficient (Wildman–Crippen LogP) is 1.90. The summed E-state index contributed by atoms with van der Waals surface area (Å²) in [6, 6.07) is 14.0. The largest absolute Gasteiger partial charge is 0.295 e. The van der Waals surface area contributed by atoms with Crippen LogP contribution in [0.2, 0.25) is 0 Å². The lowest BCUT2D eigenvalue weighted by atomic mass is 10.2. The molecule has 2 amide bonds. The van der Waals surface area contributed by atoms with Gasteiger partial charge in [0.05, 0.1) is 6.20 Å². The molecule has 3 aromatic rings. The van der Waals surface area contributed by atoms with Gasteiger partial charge >= 0.3 is 0 Å². The van der Waals surface area contributed by atoms with Crippen LogP contribution in [0.4, 0.5) is 0 Å². The van der Waals surface area contributed by atoms with Gasteiger partial charge in [0.15, 0.2) is 0 Å². The summed E-state index contributed by atoms with van der Waals surface area (Å²) in [5.74, 6) is -0.904. The SMILES string of the molecule is O=C(NC(=O)c1cnc2ccccn12)c1ccccc1. The van der Waals surface area contributed by atoms with Crippen LogP contribution in [0.3, 0.4) is 0 Å². The van der Waals surface area contributed by atoms with Gasteiger partial charge in [0, 0.05) is 11.8 Å². The first-order valence-corrected chi connectivity index (χ1v) is 6.08. The number of pyridine rings is 1. The van der Waals surface area contributed by atoms with E-state index in [0.29, 0.717) is 16.9 Å². The van der Waals surface area contributed by atoms with Crippen molar-refractivity contribution in [1.82, 2.24) is 14.7 Å². The molecule has 0 aliphatic heterocycles. The van der Waals surface area contributed by atoms with Crippen LogP contribution in [-0.2, 0) is 0 Å². The number of carbonyl (C=O) groups excluding carboxylic acids is 2. The van der Waals surface area contributed by atoms with Crippen LogP contribution in [0, 0.1) is 0 Å². The molecule has 0 atom stereocenters. The van der Waals surface area contributed by atoms with E-state index in [4.69, 9.17) is 0 Å². The van der Waals surface area contributed by atoms with Crippen molar-refractivity contribution >= 4 is 17.5 Å². The van der Waals surface area contributed by atoms with E-state index in [0.717, 1.165) is 0 Å². The molecule has 0 radical (unpaired) electrons. The number of benzene rings is 1. The van der Waals surface area contributed by atoms with Crippen molar-refractivity contribution in [3.63, 3.8) is 0 Å². The van der Waals surface area contributed by atoms with Crippen molar-refractivity contribution in [3.8, 4) is 0 Å². The summed E-state index contributed by atoms with van der Waals surface area (Å²) in [5.41, 5.74) is 1.42. The van der Waals surface area contributed by atoms with Crippen LogP contribution in [0.5, 0.6) is 0 Å². The number of fused-ring (bicyclic) bond motifs is 1. The van der Waals surface area contributed by atoms with Gasteiger partial charge in [0.25, 0.3) is 11.8 Å². The first-order chi connectivity index (χ1) is 9.75. The summed E-state index contributed by atoms with van der Waals surface area (Å²) in [5, 5.41) is 2.35. The van der Waals surface area contributed by atoms with E-state index in [1.807, 2.05) is 12.1 Å². The van der Waals surface area contributed by atoms with Gasteiger partial charge in [0.2, 0.25) is 0 Å². The van der Waals surface area contributed by atoms with Gasteiger partial charge in [-0.1, -0.05) is 24.3 Å². The maximum atomic E-state index is 12.1. The normalized spacial score (nSPS) is 10.4. The molecule has 1 aromatic carbocycles. The van der Waals surface area contributed by atoms with Gasteiger partial charge in [-0.2, -0.15) is 0 Å². The molecule has 5 heteroatoms. The zero-order valence-electron chi connectivity index (χ0n) is 10.5. The minimum Gasteiger partial charge on any atom is -0.295 e. The number of hydrogen-bond donors (Lipinski definition) is 1. The second kappa shape index (κ2) is 4.97. The van der Waals surface area contributed by atoms with Crippen LogP contribution in [0.15, 0.2) is 60.9 Å². The maximum absolute atomic E-state index is 12.1. The van der Waals surface area contributed by atoms with Crippen LogP contribution in [-0.4, -0.2) is 21.2 Å². The van der Waals surface area contributed by atoms with Crippen molar-refractivity contribution in [2.75, 3.05) is 0 Å². The van der Waals surface area contributed by atoms with Crippen LogP contribution in [0.1, 0.15) is 20.8 Å². The standard InChI is InChI=1S/C15H11N3O2/c19-14(11-6-2-1-3-7-11)17-15(20)12-10-16-13-8-4-5-9-18(12)13/h1-10H,(H,17,19,20). The Labute approximate surface area is 114 Å². The van der Waals surface area contributed by atoms with E-state index in [1.165, 1.54) is 6.20 Å². The second-order valence-corrected chi connectivity index (χ2v) is 4.22. The molecule has 3 rings (SSSR count). The Hall–Kier alpha value is -2.95. The number of carbonyl (C=O) groups is 2. The third-order valence-electron chi connectivity index (χ3n) is 2.91. The number of hydrogen-bond acceptors (Lipinski definition) is 3. The number of aromatic nitrogens is 2. The third kappa shape index (κ3) is 2.16. The van der Waals surface area contributed by atoms with E-state index in [9.17, 15) is 9.59 Å². The van der Waals surface area contributed by atoms with Gasteiger partial charge in [-0.15, -0.1) is 0 Å². The Morgan fingerprint density at radius 2 is 1.70 bits per heavy atom. The fraction of sp³-hybridized carbons (Fsp3) is 0. The summed E-state index contributed by atoms with van der Waals surface area (Å²) in [6.07, 6.45) is 3.17. The minimum absolute atomic E-state index is 0.324. The fourth-order valence-electron chi connectivity index (χ4n) is 1.93. The molecule has 0 unspecified atom stereocenters. The highest BCUT2D eigenvalue weighted by Crippen LogP contribution is 2.06. The highest BCUT2D eigenvalue weighted by molar-refractivity contribution is 6.09. The Morgan fingerprint density at radius 1 is 0.950 bits per heavy atom. The zero-order valence-corrected chi connectivity index (χ0v) is 10.5. The molecule has 0 spiro atoms. The number of rotatable bonds is 2. The van der Waals surface area contributed by atoms with E-state index >= 15 is 0 Å². The molecule has 5 nitrogen and oxygen atoms in total. The lowest BCUT2D eigenvalue weighted by Gasteiger charge is -2.03. The molecule has 0 saturated carbocycles. The topological polar surface area (TPSA) is 63.5 Å². The highest BCUT2D eigenvalue weighted by Gasteiger charge is 2.15. The van der Waals surface area contributed by atoms with Gasteiger partial charge < -0.3 is 0 Å². The summed E-state index contributed by atoms with van der Waals surface area (Å²) < 4.78 is 1.63. The molecular formula is C15H11N3O2. The Balaban J connectivity index is 1.85. The number of nitrogens with one attached hydrogen (secondary N) is 1. The average Bonchev–Trinajstić information content (AvgIpc) is 2.92. The Morgan fingerprint density at radius 3 is 2.50 bits per heavy atom. The van der Waals surface area contributed by atoms with Crippen molar-refractivity contribution in [3.05, 3.63) is 72.2 Å². The van der Waals surface area contributed by atoms with Crippen molar-refractivity contribution in [2.24, 2.45) is 0 Å². The van der Waals surface area contributed by atoms with Crippen molar-refractivity contribution in [1.29, 1.82) is 0 Å². The minimum atomic E-state index is -0.474. The Bertz CT molecular complexity index is 778. The van der Waals surface area contributed by atoms with E-state index in [2.05, 4.69) is 10.3 Å². The highest BCUT2D eigenvalue weighted by atomic mass is 16.2. The molecule has 0 aliphatic rings. The molecule has 0 aliphatic carbocycles. The molecule has 2 heterocycles. The van der Waals surface area contributed by atoms with E-state index in [1.54, 1.807) is 47.0 Å². The molecule has 0 fully saturated rings. The molecular weight excluding hydrogens is 254 g/mol. The summed E-state index contributed by atoms with van der Waals surface area (Å²) >= 11 is 0. The summed E-state index contributed by atoms with van der Waals surface area (Å²) in [7, 11) is 0. The number of imidazole rings is 1. The van der Waals surface area contributed by atoms with E-state index < -0.39 is 11.8 Å². The molecule has 98 valence electrons. The third-order valence-corrected chi connectivity index (χ3v) is 2.91. The molecule has 1 N–H and O–H groups in total. The monoisotopic (exact) mass is 265 g/mol. The number of nitrogens with zero attached hydrogens (tertiary/aromatic N) is 2. The molecule has 0 saturated heterocycles. The van der Waals surface area contributed by atoms with Gasteiger partial charge in [-0.3, -0.25) is 19.3 Å². The first kappa shape index (κ1) is 12.1. The number of amides is 2. The molecule has 20 heavy (non-hydrogen) atoms. The van der Waals surface area contributed by atoms with Crippen LogP contribution >= 0.6 is 0 Å². The molecule has 0 bridgehead atoms. The smallest absolute Gasteiger partial charge is 0.276 e. The van der Waals surface area contributed by atoms with Crippen molar-refractivity contribution in [2.45, 2.75) is 0 Å². The lowest BCUT2D eigenvalue weighted by Crippen LogP contribution is -2.31. The fourth-order valence-corrected chi connectivity index (χ4v) is 1.93. The van der Waals surface area contributed by atoms with Gasteiger partial charge in [0.1, 0.15) is 11.3 Å². The average molecular weight is 265 g/mol. The maximum Gasteiger partial charge on any atom is 0.276 e. The predicted molar refractivity (Wildman–Crippen MR) is 73.4 cm³/mol. The van der Waals surface area contributed by atoms with Gasteiger partial charge in [-0.05, 0) is 24.3 Å². The van der Waals surface area contributed by atoms with E-state index in [-0.39, 0.29) is 0 Å². The Kier molecular flexibility index (Phi) is 3.01. The lowest BCUT2D eigenvalue weighted by molar-refractivity contribution is 0.0846. The van der Waals surface area contributed by atoms with Crippen LogP contribution < -0.4 is 5.32 Å². The zero-order chi connectivity index (χ0) is 13.9.